The van der Waals surface area contributed by atoms with Crippen molar-refractivity contribution in [2.45, 2.75) is 6.92 Å². The Balaban J connectivity index is 1.80. The summed E-state index contributed by atoms with van der Waals surface area (Å²) in [6, 6.07) is 15.0. The minimum absolute atomic E-state index is 0.233. The van der Waals surface area contributed by atoms with Crippen molar-refractivity contribution in [3.63, 3.8) is 0 Å². The standard InChI is InChI=1S/C17H16N4O2/c1-12-7-9-13(10-8-12)21-11-15(19-20-21)17(22)18-14-5-3-4-6-16(14)23-2/h3-11H,1-2H3,(H,18,22). The third-order valence-electron chi connectivity index (χ3n) is 3.38. The van der Waals surface area contributed by atoms with Gasteiger partial charge in [0.25, 0.3) is 5.91 Å². The van der Waals surface area contributed by atoms with Gasteiger partial charge in [-0.1, -0.05) is 35.0 Å². The molecule has 6 nitrogen and oxygen atoms in total. The Labute approximate surface area is 133 Å². The van der Waals surface area contributed by atoms with Gasteiger partial charge in [0.2, 0.25) is 0 Å². The molecule has 2 aromatic carbocycles. The van der Waals surface area contributed by atoms with Gasteiger partial charge < -0.3 is 10.1 Å². The van der Waals surface area contributed by atoms with Gasteiger partial charge >= 0.3 is 0 Å². The molecule has 0 unspecified atom stereocenters. The highest BCUT2D eigenvalue weighted by Gasteiger charge is 2.13. The molecule has 0 atom stereocenters. The van der Waals surface area contributed by atoms with Gasteiger partial charge in [0, 0.05) is 0 Å². The van der Waals surface area contributed by atoms with Crippen molar-refractivity contribution in [3.05, 3.63) is 66.0 Å². The largest absolute Gasteiger partial charge is 0.495 e. The molecular weight excluding hydrogens is 292 g/mol. The molecule has 0 saturated heterocycles. The van der Waals surface area contributed by atoms with E-state index in [9.17, 15) is 4.79 Å². The van der Waals surface area contributed by atoms with Gasteiger partial charge in [0.15, 0.2) is 5.69 Å². The Morgan fingerprint density at radius 3 is 2.61 bits per heavy atom. The summed E-state index contributed by atoms with van der Waals surface area (Å²) >= 11 is 0. The van der Waals surface area contributed by atoms with E-state index in [1.807, 2.05) is 43.3 Å². The predicted molar refractivity (Wildman–Crippen MR) is 87.0 cm³/mol. The summed E-state index contributed by atoms with van der Waals surface area (Å²) in [5.74, 6) is 0.250. The first-order chi connectivity index (χ1) is 11.2. The molecule has 3 rings (SSSR count). The van der Waals surface area contributed by atoms with Crippen LogP contribution in [-0.2, 0) is 0 Å². The number of nitrogens with zero attached hydrogens (tertiary/aromatic N) is 3. The summed E-state index contributed by atoms with van der Waals surface area (Å²) in [5.41, 5.74) is 2.82. The zero-order chi connectivity index (χ0) is 16.2. The van der Waals surface area contributed by atoms with Crippen molar-refractivity contribution in [2.24, 2.45) is 0 Å². The van der Waals surface area contributed by atoms with Crippen molar-refractivity contribution in [1.82, 2.24) is 15.0 Å². The Hall–Kier alpha value is -3.15. The molecule has 116 valence electrons. The van der Waals surface area contributed by atoms with Crippen molar-refractivity contribution in [1.29, 1.82) is 0 Å². The average Bonchev–Trinajstić information content (AvgIpc) is 3.06. The zero-order valence-corrected chi connectivity index (χ0v) is 12.9. The van der Waals surface area contributed by atoms with Gasteiger partial charge in [0.05, 0.1) is 24.7 Å². The van der Waals surface area contributed by atoms with E-state index in [4.69, 9.17) is 4.74 Å². The van der Waals surface area contributed by atoms with Gasteiger partial charge in [-0.3, -0.25) is 4.79 Å². The zero-order valence-electron chi connectivity index (χ0n) is 12.9. The summed E-state index contributed by atoms with van der Waals surface area (Å²) < 4.78 is 6.78. The number of aryl methyl sites for hydroxylation is 1. The number of anilines is 1. The van der Waals surface area contributed by atoms with E-state index in [1.54, 1.807) is 30.1 Å². The molecule has 0 bridgehead atoms. The van der Waals surface area contributed by atoms with E-state index in [0.717, 1.165) is 11.3 Å². The van der Waals surface area contributed by atoms with E-state index < -0.39 is 0 Å². The lowest BCUT2D eigenvalue weighted by molar-refractivity contribution is 0.102. The summed E-state index contributed by atoms with van der Waals surface area (Å²) in [7, 11) is 1.55. The second-order valence-corrected chi connectivity index (χ2v) is 5.04. The molecule has 6 heteroatoms. The lowest BCUT2D eigenvalue weighted by Crippen LogP contribution is -2.13. The number of methoxy groups -OCH3 is 1. The number of aromatic nitrogens is 3. The van der Waals surface area contributed by atoms with Crippen LogP contribution in [0.5, 0.6) is 5.75 Å². The highest BCUT2D eigenvalue weighted by Crippen LogP contribution is 2.23. The molecule has 0 spiro atoms. The maximum Gasteiger partial charge on any atom is 0.277 e. The third-order valence-corrected chi connectivity index (χ3v) is 3.38. The monoisotopic (exact) mass is 308 g/mol. The second kappa shape index (κ2) is 6.31. The summed E-state index contributed by atoms with van der Waals surface area (Å²) in [6.45, 7) is 2.01. The average molecular weight is 308 g/mol. The minimum atomic E-state index is -0.340. The predicted octanol–water partition coefficient (Wildman–Crippen LogP) is 2.84. The molecule has 1 aromatic heterocycles. The van der Waals surface area contributed by atoms with Crippen molar-refractivity contribution >= 4 is 11.6 Å². The first kappa shape index (κ1) is 14.8. The van der Waals surface area contributed by atoms with E-state index in [0.29, 0.717) is 11.4 Å². The number of amides is 1. The molecule has 23 heavy (non-hydrogen) atoms. The first-order valence-corrected chi connectivity index (χ1v) is 7.11. The Morgan fingerprint density at radius 2 is 1.87 bits per heavy atom. The van der Waals surface area contributed by atoms with Gasteiger partial charge in [-0.25, -0.2) is 4.68 Å². The number of para-hydroxylation sites is 2. The molecule has 0 saturated carbocycles. The van der Waals surface area contributed by atoms with Crippen molar-refractivity contribution in [2.75, 3.05) is 12.4 Å². The van der Waals surface area contributed by atoms with E-state index in [2.05, 4.69) is 15.6 Å². The van der Waals surface area contributed by atoms with Crippen LogP contribution in [0.1, 0.15) is 16.1 Å². The van der Waals surface area contributed by atoms with Gasteiger partial charge in [-0.15, -0.1) is 5.10 Å². The molecule has 1 heterocycles. The van der Waals surface area contributed by atoms with Crippen LogP contribution >= 0.6 is 0 Å². The number of benzene rings is 2. The van der Waals surface area contributed by atoms with Crippen LogP contribution in [0.3, 0.4) is 0 Å². The highest BCUT2D eigenvalue weighted by molar-refractivity contribution is 6.03. The molecule has 0 aliphatic carbocycles. The number of nitrogens with one attached hydrogen (secondary N) is 1. The Bertz CT molecular complexity index is 825. The van der Waals surface area contributed by atoms with E-state index in [1.165, 1.54) is 0 Å². The normalized spacial score (nSPS) is 10.3. The highest BCUT2D eigenvalue weighted by atomic mass is 16.5. The molecule has 0 aliphatic rings. The number of hydrogen-bond acceptors (Lipinski definition) is 4. The number of carbonyl (C=O) groups excluding carboxylic acids is 1. The molecular formula is C17H16N4O2. The molecule has 0 radical (unpaired) electrons. The fraction of sp³-hybridized carbons (Fsp3) is 0.118. The summed E-state index contributed by atoms with van der Waals surface area (Å²) in [6.07, 6.45) is 1.59. The summed E-state index contributed by atoms with van der Waals surface area (Å²) in [5, 5.41) is 10.7. The first-order valence-electron chi connectivity index (χ1n) is 7.11. The fourth-order valence-corrected chi connectivity index (χ4v) is 2.13. The van der Waals surface area contributed by atoms with Crippen molar-refractivity contribution < 1.29 is 9.53 Å². The topological polar surface area (TPSA) is 69.0 Å². The quantitative estimate of drug-likeness (QED) is 0.804. The van der Waals surface area contributed by atoms with Crippen LogP contribution in [0.2, 0.25) is 0 Å². The smallest absolute Gasteiger partial charge is 0.277 e. The molecule has 3 aromatic rings. The Kier molecular flexibility index (Phi) is 4.05. The van der Waals surface area contributed by atoms with Crippen LogP contribution in [0, 0.1) is 6.92 Å². The van der Waals surface area contributed by atoms with Crippen molar-refractivity contribution in [3.8, 4) is 11.4 Å². The number of carbonyl (C=O) groups is 1. The maximum atomic E-state index is 12.3. The minimum Gasteiger partial charge on any atom is -0.495 e. The molecule has 0 fully saturated rings. The summed E-state index contributed by atoms with van der Waals surface area (Å²) in [4.78, 5) is 12.3. The third kappa shape index (κ3) is 3.21. The fourth-order valence-electron chi connectivity index (χ4n) is 2.13. The van der Waals surface area contributed by atoms with E-state index >= 15 is 0 Å². The number of ether oxygens (including phenoxy) is 1. The lowest BCUT2D eigenvalue weighted by atomic mass is 10.2. The van der Waals surface area contributed by atoms with Crippen LogP contribution in [-0.4, -0.2) is 28.0 Å². The Morgan fingerprint density at radius 1 is 1.13 bits per heavy atom. The van der Waals surface area contributed by atoms with E-state index in [-0.39, 0.29) is 11.6 Å². The van der Waals surface area contributed by atoms with Gasteiger partial charge in [0.1, 0.15) is 5.75 Å². The van der Waals surface area contributed by atoms with Gasteiger partial charge in [-0.2, -0.15) is 0 Å². The second-order valence-electron chi connectivity index (χ2n) is 5.04. The van der Waals surface area contributed by atoms with Crippen LogP contribution in [0.25, 0.3) is 5.69 Å². The number of rotatable bonds is 4. The van der Waals surface area contributed by atoms with Crippen LogP contribution < -0.4 is 10.1 Å². The molecule has 1 N–H and O–H groups in total. The van der Waals surface area contributed by atoms with Crippen LogP contribution in [0.15, 0.2) is 54.7 Å². The number of hydrogen-bond donors (Lipinski definition) is 1. The van der Waals surface area contributed by atoms with Crippen LogP contribution in [0.4, 0.5) is 5.69 Å². The molecule has 1 amide bonds. The van der Waals surface area contributed by atoms with Gasteiger partial charge in [-0.05, 0) is 31.2 Å². The SMILES string of the molecule is COc1ccccc1NC(=O)c1cn(-c2ccc(C)cc2)nn1. The molecule has 0 aliphatic heterocycles. The lowest BCUT2D eigenvalue weighted by Gasteiger charge is -2.08. The maximum absolute atomic E-state index is 12.3.